The first-order valence-electron chi connectivity index (χ1n) is 7.87. The number of carbonyl (C=O) groups excluding carboxylic acids is 1. The van der Waals surface area contributed by atoms with Crippen LogP contribution in [-0.2, 0) is 17.6 Å². The number of rotatable bonds is 5. The summed E-state index contributed by atoms with van der Waals surface area (Å²) < 4.78 is 0. The van der Waals surface area contributed by atoms with Gasteiger partial charge < -0.3 is 10.6 Å². The van der Waals surface area contributed by atoms with Gasteiger partial charge >= 0.3 is 0 Å². The van der Waals surface area contributed by atoms with Gasteiger partial charge in [-0.15, -0.1) is 11.3 Å². The average Bonchev–Trinajstić information content (AvgIpc) is 3.06. The molecule has 0 bridgehead atoms. The average molecular weight is 314 g/mol. The molecule has 1 aromatic heterocycles. The highest BCUT2D eigenvalue weighted by molar-refractivity contribution is 7.10. The molecule has 1 aliphatic carbocycles. The summed E-state index contributed by atoms with van der Waals surface area (Å²) in [6.07, 6.45) is 4.90. The Labute approximate surface area is 135 Å². The predicted octanol–water partition coefficient (Wildman–Crippen LogP) is 3.05. The summed E-state index contributed by atoms with van der Waals surface area (Å²) in [5.41, 5.74) is 4.11. The fourth-order valence-corrected chi connectivity index (χ4v) is 3.88. The van der Waals surface area contributed by atoms with E-state index in [9.17, 15) is 4.79 Å². The van der Waals surface area contributed by atoms with Crippen LogP contribution in [0.2, 0.25) is 0 Å². The Kier molecular flexibility index (Phi) is 4.90. The topological polar surface area (TPSA) is 41.1 Å². The molecule has 1 atom stereocenters. The van der Waals surface area contributed by atoms with Crippen molar-refractivity contribution in [3.63, 3.8) is 0 Å². The molecular formula is C18H22N2OS. The molecule has 3 rings (SSSR count). The maximum atomic E-state index is 12.0. The first kappa shape index (κ1) is 15.3. The van der Waals surface area contributed by atoms with Crippen molar-refractivity contribution in [2.45, 2.75) is 31.7 Å². The van der Waals surface area contributed by atoms with E-state index >= 15 is 0 Å². The zero-order valence-electron chi connectivity index (χ0n) is 12.9. The van der Waals surface area contributed by atoms with Gasteiger partial charge in [0.15, 0.2) is 0 Å². The molecule has 3 nitrogen and oxygen atoms in total. The molecule has 2 aromatic rings. The SMILES string of the molecule is CNCC(=O)NC(c1ccc2c(c1)CCCC2)c1cccs1. The zero-order valence-corrected chi connectivity index (χ0v) is 13.7. The third-order valence-electron chi connectivity index (χ3n) is 4.18. The second-order valence-electron chi connectivity index (χ2n) is 5.78. The highest BCUT2D eigenvalue weighted by Crippen LogP contribution is 2.30. The van der Waals surface area contributed by atoms with Gasteiger partial charge in [0.1, 0.15) is 0 Å². The van der Waals surface area contributed by atoms with Gasteiger partial charge in [-0.2, -0.15) is 0 Å². The van der Waals surface area contributed by atoms with E-state index < -0.39 is 0 Å². The third kappa shape index (κ3) is 3.39. The molecule has 0 aliphatic heterocycles. The Balaban J connectivity index is 1.90. The summed E-state index contributed by atoms with van der Waals surface area (Å²) in [5, 5.41) is 8.12. The van der Waals surface area contributed by atoms with Gasteiger partial charge in [-0.25, -0.2) is 0 Å². The van der Waals surface area contributed by atoms with Gasteiger partial charge in [0.25, 0.3) is 0 Å². The van der Waals surface area contributed by atoms with E-state index in [4.69, 9.17) is 0 Å². The van der Waals surface area contributed by atoms with Crippen molar-refractivity contribution in [2.75, 3.05) is 13.6 Å². The lowest BCUT2D eigenvalue weighted by molar-refractivity contribution is -0.120. The fourth-order valence-electron chi connectivity index (χ4n) is 3.08. The van der Waals surface area contributed by atoms with Crippen molar-refractivity contribution in [2.24, 2.45) is 0 Å². The first-order valence-corrected chi connectivity index (χ1v) is 8.75. The van der Waals surface area contributed by atoms with Crippen LogP contribution in [0.1, 0.15) is 40.5 Å². The van der Waals surface area contributed by atoms with E-state index in [1.54, 1.807) is 18.4 Å². The molecule has 4 heteroatoms. The largest absolute Gasteiger partial charge is 0.343 e. The molecule has 0 saturated carbocycles. The van der Waals surface area contributed by atoms with Crippen LogP contribution < -0.4 is 10.6 Å². The summed E-state index contributed by atoms with van der Waals surface area (Å²) in [5.74, 6) is 0.0265. The molecular weight excluding hydrogens is 292 g/mol. The van der Waals surface area contributed by atoms with Crippen LogP contribution in [0, 0.1) is 0 Å². The lowest BCUT2D eigenvalue weighted by Gasteiger charge is -2.22. The monoisotopic (exact) mass is 314 g/mol. The molecule has 2 N–H and O–H groups in total. The van der Waals surface area contributed by atoms with Crippen LogP contribution in [0.25, 0.3) is 0 Å². The molecule has 0 fully saturated rings. The van der Waals surface area contributed by atoms with Gasteiger partial charge in [0, 0.05) is 4.88 Å². The molecule has 22 heavy (non-hydrogen) atoms. The van der Waals surface area contributed by atoms with Gasteiger partial charge in [0.05, 0.1) is 12.6 Å². The Morgan fingerprint density at radius 2 is 2.05 bits per heavy atom. The number of nitrogens with one attached hydrogen (secondary N) is 2. The van der Waals surface area contributed by atoms with Crippen LogP contribution in [0.15, 0.2) is 35.7 Å². The van der Waals surface area contributed by atoms with Gasteiger partial charge in [0.2, 0.25) is 5.91 Å². The standard InChI is InChI=1S/C18H22N2OS/c1-19-12-17(21)20-18(16-7-4-10-22-16)15-9-8-13-5-2-3-6-14(13)11-15/h4,7-11,18-19H,2-3,5-6,12H2,1H3,(H,20,21). The minimum absolute atomic E-state index is 0.0265. The zero-order chi connectivity index (χ0) is 15.4. The van der Waals surface area contributed by atoms with E-state index in [1.165, 1.54) is 40.8 Å². The normalized spacial score (nSPS) is 15.1. The Morgan fingerprint density at radius 1 is 1.23 bits per heavy atom. The number of likely N-dealkylation sites (N-methyl/N-ethyl adjacent to an activating group) is 1. The number of benzene rings is 1. The van der Waals surface area contributed by atoms with Crippen molar-refractivity contribution in [1.82, 2.24) is 10.6 Å². The van der Waals surface area contributed by atoms with Gasteiger partial charge in [-0.05, 0) is 60.9 Å². The van der Waals surface area contributed by atoms with Crippen LogP contribution in [0.3, 0.4) is 0 Å². The second-order valence-corrected chi connectivity index (χ2v) is 6.76. The molecule has 1 heterocycles. The molecule has 0 saturated heterocycles. The Bertz CT molecular complexity index is 637. The number of carbonyl (C=O) groups is 1. The molecule has 1 aromatic carbocycles. The maximum absolute atomic E-state index is 12.0. The molecule has 1 aliphatic rings. The van der Waals surface area contributed by atoms with E-state index in [-0.39, 0.29) is 11.9 Å². The van der Waals surface area contributed by atoms with Crippen LogP contribution >= 0.6 is 11.3 Å². The fraction of sp³-hybridized carbons (Fsp3) is 0.389. The molecule has 0 spiro atoms. The highest BCUT2D eigenvalue weighted by Gasteiger charge is 2.19. The molecule has 1 amide bonds. The minimum atomic E-state index is -0.0481. The molecule has 0 radical (unpaired) electrons. The van der Waals surface area contributed by atoms with Crippen molar-refractivity contribution in [3.8, 4) is 0 Å². The third-order valence-corrected chi connectivity index (χ3v) is 5.11. The minimum Gasteiger partial charge on any atom is -0.343 e. The quantitative estimate of drug-likeness (QED) is 0.890. The highest BCUT2D eigenvalue weighted by atomic mass is 32.1. The number of amides is 1. The lowest BCUT2D eigenvalue weighted by atomic mass is 9.89. The number of fused-ring (bicyclic) bond motifs is 1. The second kappa shape index (κ2) is 7.07. The van der Waals surface area contributed by atoms with Crippen molar-refractivity contribution >= 4 is 17.2 Å². The number of aryl methyl sites for hydroxylation is 2. The Morgan fingerprint density at radius 3 is 2.77 bits per heavy atom. The van der Waals surface area contributed by atoms with Crippen molar-refractivity contribution < 1.29 is 4.79 Å². The summed E-state index contributed by atoms with van der Waals surface area (Å²) in [6.45, 7) is 0.340. The summed E-state index contributed by atoms with van der Waals surface area (Å²) in [7, 11) is 1.79. The summed E-state index contributed by atoms with van der Waals surface area (Å²) in [6, 6.07) is 10.8. The Hall–Kier alpha value is -1.65. The molecule has 1 unspecified atom stereocenters. The van der Waals surface area contributed by atoms with Crippen LogP contribution in [0.5, 0.6) is 0 Å². The maximum Gasteiger partial charge on any atom is 0.234 e. The van der Waals surface area contributed by atoms with Crippen molar-refractivity contribution in [1.29, 1.82) is 0 Å². The first-order chi connectivity index (χ1) is 10.8. The van der Waals surface area contributed by atoms with Crippen LogP contribution in [-0.4, -0.2) is 19.5 Å². The van der Waals surface area contributed by atoms with E-state index in [2.05, 4.69) is 40.3 Å². The molecule has 116 valence electrons. The summed E-state index contributed by atoms with van der Waals surface area (Å²) in [4.78, 5) is 13.2. The summed E-state index contributed by atoms with van der Waals surface area (Å²) >= 11 is 1.69. The van der Waals surface area contributed by atoms with E-state index in [1.807, 2.05) is 6.07 Å². The van der Waals surface area contributed by atoms with Crippen molar-refractivity contribution in [3.05, 3.63) is 57.3 Å². The number of thiophene rings is 1. The van der Waals surface area contributed by atoms with Gasteiger partial charge in [-0.3, -0.25) is 4.79 Å². The van der Waals surface area contributed by atoms with E-state index in [0.717, 1.165) is 6.42 Å². The van der Waals surface area contributed by atoms with E-state index in [0.29, 0.717) is 6.54 Å². The smallest absolute Gasteiger partial charge is 0.234 e. The predicted molar refractivity (Wildman–Crippen MR) is 91.3 cm³/mol. The van der Waals surface area contributed by atoms with Crippen LogP contribution in [0.4, 0.5) is 0 Å². The number of hydrogen-bond acceptors (Lipinski definition) is 3. The lowest BCUT2D eigenvalue weighted by Crippen LogP contribution is -2.35. The number of hydrogen-bond donors (Lipinski definition) is 2. The van der Waals surface area contributed by atoms with Gasteiger partial charge in [-0.1, -0.05) is 24.3 Å².